The van der Waals surface area contributed by atoms with Gasteiger partial charge in [0.15, 0.2) is 0 Å². The minimum absolute atomic E-state index is 0.00653. The lowest BCUT2D eigenvalue weighted by Crippen LogP contribution is -2.39. The quantitative estimate of drug-likeness (QED) is 0.349. The van der Waals surface area contributed by atoms with E-state index in [0.29, 0.717) is 11.4 Å². The van der Waals surface area contributed by atoms with Crippen molar-refractivity contribution < 1.29 is 40.3 Å². The van der Waals surface area contributed by atoms with Crippen molar-refractivity contribution in [3.8, 4) is 0 Å². The highest BCUT2D eigenvalue weighted by atomic mass is 19.4. The van der Waals surface area contributed by atoms with Crippen LogP contribution in [-0.2, 0) is 9.59 Å². The van der Waals surface area contributed by atoms with E-state index in [1.165, 1.54) is 0 Å². The Morgan fingerprint density at radius 1 is 0.929 bits per heavy atom. The monoisotopic (exact) mass is 603 g/mol. The number of aromatic nitrogens is 3. The number of nitrogens with one attached hydrogen (secondary N) is 2. The maximum Gasteiger partial charge on any atom is 0.392 e. The first-order valence-electron chi connectivity index (χ1n) is 14.5. The van der Waals surface area contributed by atoms with Crippen molar-refractivity contribution in [2.24, 2.45) is 29.6 Å². The maximum atomic E-state index is 13.9. The van der Waals surface area contributed by atoms with Crippen LogP contribution in [0.5, 0.6) is 0 Å². The summed E-state index contributed by atoms with van der Waals surface area (Å²) in [5.74, 6) is -10.0. The highest BCUT2D eigenvalue weighted by Gasteiger charge is 2.59. The van der Waals surface area contributed by atoms with Gasteiger partial charge in [0.1, 0.15) is 0 Å². The van der Waals surface area contributed by atoms with Gasteiger partial charge in [-0.1, -0.05) is 0 Å². The Hall–Kier alpha value is -2.93. The van der Waals surface area contributed by atoms with Crippen LogP contribution in [0.4, 0.5) is 30.7 Å². The zero-order valence-electron chi connectivity index (χ0n) is 22.6. The fourth-order valence-corrected chi connectivity index (χ4v) is 6.45. The summed E-state index contributed by atoms with van der Waals surface area (Å²) in [4.78, 5) is 34.6. The van der Waals surface area contributed by atoms with E-state index >= 15 is 0 Å². The largest absolute Gasteiger partial charge is 0.392 e. The topological polar surface area (TPSA) is 88.4 Å². The lowest BCUT2D eigenvalue weighted by Gasteiger charge is -2.34. The van der Waals surface area contributed by atoms with Crippen LogP contribution >= 0.6 is 0 Å². The molecule has 2 N–H and O–H groups in total. The summed E-state index contributed by atoms with van der Waals surface area (Å²) in [5, 5.41) is 5.62. The van der Waals surface area contributed by atoms with E-state index < -0.39 is 66.6 Å². The van der Waals surface area contributed by atoms with Gasteiger partial charge in [0.2, 0.25) is 29.4 Å². The minimum atomic E-state index is -4.48. The Labute approximate surface area is 237 Å². The van der Waals surface area contributed by atoms with E-state index in [4.69, 9.17) is 0 Å². The normalized spacial score (nSPS) is 27.2. The summed E-state index contributed by atoms with van der Waals surface area (Å²) >= 11 is 0. The molecule has 4 aliphatic carbocycles. The summed E-state index contributed by atoms with van der Waals surface area (Å²) < 4.78 is 95.1. The van der Waals surface area contributed by atoms with Crippen molar-refractivity contribution in [2.75, 3.05) is 0 Å². The van der Waals surface area contributed by atoms with E-state index in [0.717, 1.165) is 12.8 Å². The summed E-state index contributed by atoms with van der Waals surface area (Å²) in [7, 11) is 0. The first-order chi connectivity index (χ1) is 19.7. The summed E-state index contributed by atoms with van der Waals surface area (Å²) in [6.07, 6.45) is -1.07. The van der Waals surface area contributed by atoms with Crippen LogP contribution in [0, 0.1) is 29.6 Å². The first kappa shape index (κ1) is 29.2. The molecule has 42 heavy (non-hydrogen) atoms. The van der Waals surface area contributed by atoms with Gasteiger partial charge in [0.05, 0.1) is 35.3 Å². The number of nitrogens with zero attached hydrogens (tertiary/aromatic N) is 3. The summed E-state index contributed by atoms with van der Waals surface area (Å²) in [6, 6.07) is 0.396. The standard InChI is InChI=1S/C28H32F7N5O2/c29-26(30)6-3-16(4-7-26)23(39-24(42)17-10-18(17)28(33,34)35)20-13-40-8-5-19(36-25(40)37-20)22(15-1-2-15)38-21(41)9-14-11-27(31,32)12-14/h5,8,13-18,22-23H,1-4,6-7,9-12H2,(H,38,41)(H,39,42)/t17?,18?,22?,23-/m0/s1. The zero-order chi connectivity index (χ0) is 30.0. The van der Waals surface area contributed by atoms with Gasteiger partial charge in [-0.05, 0) is 55.9 Å². The van der Waals surface area contributed by atoms with Crippen LogP contribution in [0.25, 0.3) is 5.78 Å². The fraction of sp³-hybridized carbons (Fsp3) is 0.714. The number of rotatable bonds is 9. The Kier molecular flexibility index (Phi) is 7.19. The molecule has 4 atom stereocenters. The molecule has 4 aliphatic rings. The van der Waals surface area contributed by atoms with Crippen molar-refractivity contribution in [3.63, 3.8) is 0 Å². The summed E-state index contributed by atoms with van der Waals surface area (Å²) in [6.45, 7) is 0. The highest BCUT2D eigenvalue weighted by Crippen LogP contribution is 2.51. The predicted octanol–water partition coefficient (Wildman–Crippen LogP) is 5.91. The second-order valence-electron chi connectivity index (χ2n) is 12.6. The lowest BCUT2D eigenvalue weighted by atomic mass is 9.79. The van der Waals surface area contributed by atoms with Crippen molar-refractivity contribution in [1.82, 2.24) is 25.0 Å². The molecule has 0 aromatic carbocycles. The van der Waals surface area contributed by atoms with Crippen molar-refractivity contribution in [3.05, 3.63) is 29.8 Å². The molecule has 0 aliphatic heterocycles. The average molecular weight is 604 g/mol. The van der Waals surface area contributed by atoms with Gasteiger partial charge in [0, 0.05) is 44.5 Å². The van der Waals surface area contributed by atoms with Crippen LogP contribution in [0.2, 0.25) is 0 Å². The molecule has 2 aromatic heterocycles. The molecule has 230 valence electrons. The molecule has 4 fully saturated rings. The Morgan fingerprint density at radius 2 is 1.55 bits per heavy atom. The van der Waals surface area contributed by atoms with Crippen LogP contribution in [-0.4, -0.2) is 44.2 Å². The molecule has 6 rings (SSSR count). The van der Waals surface area contributed by atoms with Gasteiger partial charge in [0.25, 0.3) is 0 Å². The van der Waals surface area contributed by atoms with Gasteiger partial charge >= 0.3 is 6.18 Å². The molecule has 2 heterocycles. The van der Waals surface area contributed by atoms with E-state index in [2.05, 4.69) is 20.6 Å². The van der Waals surface area contributed by atoms with Crippen molar-refractivity contribution in [1.29, 1.82) is 0 Å². The number of alkyl halides is 7. The molecular weight excluding hydrogens is 571 g/mol. The number of amides is 2. The Balaban J connectivity index is 1.20. The molecule has 14 heteroatoms. The van der Waals surface area contributed by atoms with Gasteiger partial charge in [-0.2, -0.15) is 13.2 Å². The third kappa shape index (κ3) is 6.36. The van der Waals surface area contributed by atoms with Crippen LogP contribution in [0.15, 0.2) is 18.5 Å². The van der Waals surface area contributed by atoms with Gasteiger partial charge in [-0.3, -0.25) is 14.0 Å². The van der Waals surface area contributed by atoms with Crippen molar-refractivity contribution in [2.45, 2.75) is 94.3 Å². The van der Waals surface area contributed by atoms with Gasteiger partial charge < -0.3 is 10.6 Å². The molecule has 2 aromatic rings. The third-order valence-corrected chi connectivity index (χ3v) is 9.14. The molecule has 0 saturated heterocycles. The van der Waals surface area contributed by atoms with E-state index in [-0.39, 0.29) is 62.0 Å². The maximum absolute atomic E-state index is 13.9. The second kappa shape index (κ2) is 10.4. The van der Waals surface area contributed by atoms with E-state index in [9.17, 15) is 40.3 Å². The van der Waals surface area contributed by atoms with Crippen LogP contribution in [0.1, 0.15) is 87.7 Å². The van der Waals surface area contributed by atoms with Gasteiger partial charge in [-0.15, -0.1) is 0 Å². The lowest BCUT2D eigenvalue weighted by molar-refractivity contribution is -0.155. The minimum Gasteiger partial charge on any atom is -0.347 e. The number of carbonyl (C=O) groups excluding carboxylic acids is 2. The molecule has 0 radical (unpaired) electrons. The molecule has 3 unspecified atom stereocenters. The SMILES string of the molecule is O=C(CC1CC(F)(F)C1)NC(c1ccn2cc([C@@H](NC(=O)C3CC3C(F)(F)F)C3CCC(F)(F)CC3)nc2n1)C1CC1. The first-order valence-corrected chi connectivity index (χ1v) is 14.5. The van der Waals surface area contributed by atoms with Crippen LogP contribution in [0.3, 0.4) is 0 Å². The number of hydrogen-bond donors (Lipinski definition) is 2. The zero-order valence-corrected chi connectivity index (χ0v) is 22.6. The molecular formula is C28H32F7N5O2. The molecule has 0 spiro atoms. The average Bonchev–Trinajstić information content (AvgIpc) is 3.80. The predicted molar refractivity (Wildman–Crippen MR) is 134 cm³/mol. The van der Waals surface area contributed by atoms with E-state index in [1.54, 1.807) is 22.9 Å². The number of fused-ring (bicyclic) bond motifs is 1. The van der Waals surface area contributed by atoms with Crippen molar-refractivity contribution >= 4 is 17.6 Å². The highest BCUT2D eigenvalue weighted by molar-refractivity contribution is 5.82. The van der Waals surface area contributed by atoms with Gasteiger partial charge in [-0.25, -0.2) is 27.5 Å². The second-order valence-corrected chi connectivity index (χ2v) is 12.6. The number of halogens is 7. The van der Waals surface area contributed by atoms with E-state index in [1.807, 2.05) is 0 Å². The Bertz CT molecular complexity index is 1340. The third-order valence-electron chi connectivity index (χ3n) is 9.14. The summed E-state index contributed by atoms with van der Waals surface area (Å²) in [5.41, 5.74) is 0.837. The molecule has 2 amide bonds. The fourth-order valence-electron chi connectivity index (χ4n) is 6.45. The number of carbonyl (C=O) groups is 2. The smallest absolute Gasteiger partial charge is 0.347 e. The molecule has 0 bridgehead atoms. The number of hydrogen-bond acceptors (Lipinski definition) is 4. The van der Waals surface area contributed by atoms with Crippen LogP contribution < -0.4 is 10.6 Å². The Morgan fingerprint density at radius 3 is 2.14 bits per heavy atom. The number of imidazole rings is 1. The molecule has 4 saturated carbocycles. The molecule has 7 nitrogen and oxygen atoms in total.